The van der Waals surface area contributed by atoms with Gasteiger partial charge in [-0.3, -0.25) is 4.79 Å². The molecule has 0 saturated heterocycles. The molecule has 0 aliphatic rings. The fourth-order valence-electron chi connectivity index (χ4n) is 1.96. The van der Waals surface area contributed by atoms with Crippen LogP contribution >= 0.6 is 0 Å². The van der Waals surface area contributed by atoms with Gasteiger partial charge >= 0.3 is 5.97 Å². The molecule has 0 fully saturated rings. The van der Waals surface area contributed by atoms with Crippen LogP contribution in [-0.2, 0) is 9.53 Å². The maximum Gasteiger partial charge on any atom is 0.338 e. The highest BCUT2D eigenvalue weighted by Crippen LogP contribution is 2.18. The van der Waals surface area contributed by atoms with Gasteiger partial charge in [-0.1, -0.05) is 19.9 Å². The van der Waals surface area contributed by atoms with Gasteiger partial charge in [0, 0.05) is 0 Å². The molecule has 0 aromatic heterocycles. The minimum absolute atomic E-state index is 0.228. The van der Waals surface area contributed by atoms with Gasteiger partial charge in [0.05, 0.1) is 12.2 Å². The molecule has 0 aliphatic carbocycles. The fourth-order valence-corrected chi connectivity index (χ4v) is 1.96. The summed E-state index contributed by atoms with van der Waals surface area (Å²) in [6.07, 6.45) is 0. The number of para-hydroxylation sites is 1. The van der Waals surface area contributed by atoms with Crippen molar-refractivity contribution in [2.24, 2.45) is 5.92 Å². The molecule has 2 aromatic rings. The molecule has 1 N–H and O–H groups in total. The van der Waals surface area contributed by atoms with Gasteiger partial charge in [-0.15, -0.1) is 0 Å². The normalized spacial score (nSPS) is 10.5. The van der Waals surface area contributed by atoms with Crippen molar-refractivity contribution in [3.8, 4) is 5.75 Å². The lowest BCUT2D eigenvalue weighted by Crippen LogP contribution is -2.22. The maximum absolute atomic E-state index is 13.5. The Morgan fingerprint density at radius 1 is 1.04 bits per heavy atom. The zero-order valence-corrected chi connectivity index (χ0v) is 14.4. The van der Waals surface area contributed by atoms with Crippen molar-refractivity contribution in [3.05, 3.63) is 59.7 Å². The highest BCUT2D eigenvalue weighted by Gasteiger charge is 2.14. The largest absolute Gasteiger partial charge is 0.493 e. The van der Waals surface area contributed by atoms with Crippen LogP contribution in [0.15, 0.2) is 42.5 Å². The van der Waals surface area contributed by atoms with E-state index in [-0.39, 0.29) is 5.56 Å². The van der Waals surface area contributed by atoms with Crippen molar-refractivity contribution in [1.82, 2.24) is 0 Å². The topological polar surface area (TPSA) is 64.6 Å². The number of ether oxygens (including phenoxy) is 2. The molecule has 26 heavy (non-hydrogen) atoms. The number of hydrogen-bond donors (Lipinski definition) is 1. The van der Waals surface area contributed by atoms with Crippen LogP contribution in [0.1, 0.15) is 24.2 Å². The Balaban J connectivity index is 1.87. The van der Waals surface area contributed by atoms with Gasteiger partial charge in [0.2, 0.25) is 0 Å². The van der Waals surface area contributed by atoms with Crippen molar-refractivity contribution in [2.75, 3.05) is 18.5 Å². The maximum atomic E-state index is 13.5. The van der Waals surface area contributed by atoms with Crippen molar-refractivity contribution in [3.63, 3.8) is 0 Å². The second-order valence-electron chi connectivity index (χ2n) is 5.95. The van der Waals surface area contributed by atoms with E-state index in [1.165, 1.54) is 18.2 Å². The summed E-state index contributed by atoms with van der Waals surface area (Å²) in [6.45, 7) is 3.92. The van der Waals surface area contributed by atoms with Crippen LogP contribution in [0.2, 0.25) is 0 Å². The zero-order valence-electron chi connectivity index (χ0n) is 14.4. The van der Waals surface area contributed by atoms with Crippen LogP contribution in [0.3, 0.4) is 0 Å². The van der Waals surface area contributed by atoms with Crippen LogP contribution in [0.25, 0.3) is 0 Å². The molecule has 0 atom stereocenters. The summed E-state index contributed by atoms with van der Waals surface area (Å²) in [6, 6.07) is 9.44. The first kappa shape index (κ1) is 19.4. The zero-order chi connectivity index (χ0) is 19.1. The Kier molecular flexibility index (Phi) is 6.66. The van der Waals surface area contributed by atoms with Crippen LogP contribution in [0, 0.1) is 17.6 Å². The van der Waals surface area contributed by atoms with E-state index in [2.05, 4.69) is 0 Å². The van der Waals surface area contributed by atoms with Crippen molar-refractivity contribution in [1.29, 1.82) is 0 Å². The molecule has 7 heteroatoms. The second kappa shape index (κ2) is 8.94. The first-order chi connectivity index (χ1) is 12.4. The number of halogens is 2. The summed E-state index contributed by atoms with van der Waals surface area (Å²) in [5, 5.41) is 2.04. The minimum Gasteiger partial charge on any atom is -0.493 e. The lowest BCUT2D eigenvalue weighted by atomic mass is 10.2. The van der Waals surface area contributed by atoms with Crippen LogP contribution in [-0.4, -0.2) is 25.1 Å². The molecule has 138 valence electrons. The molecule has 2 rings (SSSR count). The summed E-state index contributed by atoms with van der Waals surface area (Å²) >= 11 is 0. The molecule has 2 aromatic carbocycles. The Bertz CT molecular complexity index is 755. The van der Waals surface area contributed by atoms with Gasteiger partial charge in [0.15, 0.2) is 6.61 Å². The molecule has 0 radical (unpaired) electrons. The molecule has 0 unspecified atom stereocenters. The average molecular weight is 363 g/mol. The number of carbonyl (C=O) groups is 2. The van der Waals surface area contributed by atoms with Gasteiger partial charge < -0.3 is 14.8 Å². The molecular formula is C19H19F2NO4. The number of anilines is 1. The number of esters is 1. The third-order valence-electron chi connectivity index (χ3n) is 3.23. The van der Waals surface area contributed by atoms with Gasteiger partial charge in [-0.25, -0.2) is 13.6 Å². The Morgan fingerprint density at radius 2 is 1.65 bits per heavy atom. The number of carbonyl (C=O) groups excluding carboxylic acids is 2. The predicted octanol–water partition coefficient (Wildman–Crippen LogP) is 3.80. The Morgan fingerprint density at radius 3 is 2.23 bits per heavy atom. The van der Waals surface area contributed by atoms with Crippen LogP contribution in [0.4, 0.5) is 14.5 Å². The molecule has 0 spiro atoms. The lowest BCUT2D eigenvalue weighted by molar-refractivity contribution is -0.119. The second-order valence-corrected chi connectivity index (χ2v) is 5.95. The summed E-state index contributed by atoms with van der Waals surface area (Å²) in [4.78, 5) is 23.6. The number of benzene rings is 2. The SMILES string of the molecule is CC(C)COc1ccc(C(=O)OCC(=O)Nc2c(F)cccc2F)cc1. The van der Waals surface area contributed by atoms with Gasteiger partial charge in [-0.05, 0) is 42.3 Å². The highest BCUT2D eigenvalue weighted by atomic mass is 19.1. The molecule has 1 amide bonds. The van der Waals surface area contributed by atoms with E-state index in [9.17, 15) is 18.4 Å². The lowest BCUT2D eigenvalue weighted by Gasteiger charge is -2.10. The smallest absolute Gasteiger partial charge is 0.338 e. The molecule has 0 bridgehead atoms. The van der Waals surface area contributed by atoms with Crippen LogP contribution in [0.5, 0.6) is 5.75 Å². The molecule has 5 nitrogen and oxygen atoms in total. The van der Waals surface area contributed by atoms with E-state index < -0.39 is 35.8 Å². The average Bonchev–Trinajstić information content (AvgIpc) is 2.61. The van der Waals surface area contributed by atoms with Crippen LogP contribution < -0.4 is 10.1 Å². The van der Waals surface area contributed by atoms with E-state index >= 15 is 0 Å². The van der Waals surface area contributed by atoms with E-state index in [4.69, 9.17) is 9.47 Å². The molecule has 0 aliphatic heterocycles. The van der Waals surface area contributed by atoms with E-state index in [0.29, 0.717) is 18.3 Å². The number of nitrogens with one attached hydrogen (secondary N) is 1. The van der Waals surface area contributed by atoms with E-state index in [1.807, 2.05) is 19.2 Å². The predicted molar refractivity (Wildman–Crippen MR) is 92.0 cm³/mol. The van der Waals surface area contributed by atoms with Gasteiger partial charge in [0.25, 0.3) is 5.91 Å². The first-order valence-electron chi connectivity index (χ1n) is 8.00. The first-order valence-corrected chi connectivity index (χ1v) is 8.00. The summed E-state index contributed by atoms with van der Waals surface area (Å²) in [5.74, 6) is -2.42. The van der Waals surface area contributed by atoms with E-state index in [1.54, 1.807) is 12.1 Å². The Labute approximate surface area is 149 Å². The third kappa shape index (κ3) is 5.54. The third-order valence-corrected chi connectivity index (χ3v) is 3.23. The molecule has 0 saturated carbocycles. The summed E-state index contributed by atoms with van der Waals surface area (Å²) < 4.78 is 37.2. The summed E-state index contributed by atoms with van der Waals surface area (Å²) in [5.41, 5.74) is -0.355. The van der Waals surface area contributed by atoms with Gasteiger partial charge in [-0.2, -0.15) is 0 Å². The quantitative estimate of drug-likeness (QED) is 0.760. The monoisotopic (exact) mass is 363 g/mol. The van der Waals surface area contributed by atoms with Gasteiger partial charge in [0.1, 0.15) is 23.1 Å². The van der Waals surface area contributed by atoms with Crippen molar-refractivity contribution < 1.29 is 27.8 Å². The highest BCUT2D eigenvalue weighted by molar-refractivity contribution is 5.95. The van der Waals surface area contributed by atoms with E-state index in [0.717, 1.165) is 12.1 Å². The fraction of sp³-hybridized carbons (Fsp3) is 0.263. The Hall–Kier alpha value is -2.96. The summed E-state index contributed by atoms with van der Waals surface area (Å²) in [7, 11) is 0. The standard InChI is InChI=1S/C19H19F2NO4/c1-12(2)10-25-14-8-6-13(7-9-14)19(24)26-11-17(23)22-18-15(20)4-3-5-16(18)21/h3-9,12H,10-11H2,1-2H3,(H,22,23). The molecular weight excluding hydrogens is 344 g/mol. The number of rotatable bonds is 7. The minimum atomic E-state index is -0.915. The number of hydrogen-bond acceptors (Lipinski definition) is 4. The van der Waals surface area contributed by atoms with Crippen molar-refractivity contribution >= 4 is 17.6 Å². The molecule has 0 heterocycles. The number of amides is 1. The van der Waals surface area contributed by atoms with Crippen molar-refractivity contribution in [2.45, 2.75) is 13.8 Å².